The Kier molecular flexibility index (Phi) is 4.34. The van der Waals surface area contributed by atoms with Crippen molar-refractivity contribution in [1.29, 1.82) is 0 Å². The van der Waals surface area contributed by atoms with E-state index in [1.165, 1.54) is 23.8 Å². The first-order chi connectivity index (χ1) is 12.8. The molecule has 0 saturated heterocycles. The van der Waals surface area contributed by atoms with Crippen molar-refractivity contribution >= 4 is 22.4 Å². The molecule has 1 atom stereocenters. The Morgan fingerprint density at radius 2 is 2.15 bits per heavy atom. The van der Waals surface area contributed by atoms with Crippen molar-refractivity contribution in [3.05, 3.63) is 35.3 Å². The molecule has 0 aliphatic heterocycles. The summed E-state index contributed by atoms with van der Waals surface area (Å²) in [6.45, 7) is 9.99. The van der Waals surface area contributed by atoms with Crippen LogP contribution in [0.1, 0.15) is 56.6 Å². The molecule has 140 valence electrons. The number of hydrogen-bond acceptors (Lipinski definition) is 5. The van der Waals surface area contributed by atoms with Crippen molar-refractivity contribution in [2.75, 3.05) is 5.32 Å². The summed E-state index contributed by atoms with van der Waals surface area (Å²) in [5.74, 6) is 0.196. The van der Waals surface area contributed by atoms with Crippen molar-refractivity contribution < 1.29 is 4.79 Å². The van der Waals surface area contributed by atoms with Gasteiger partial charge in [0, 0.05) is 36.0 Å². The van der Waals surface area contributed by atoms with Crippen LogP contribution in [0.3, 0.4) is 0 Å². The minimum absolute atomic E-state index is 0.0989. The fourth-order valence-electron chi connectivity index (χ4n) is 3.61. The summed E-state index contributed by atoms with van der Waals surface area (Å²) < 4.78 is 2.09. The molecule has 3 heterocycles. The van der Waals surface area contributed by atoms with Gasteiger partial charge in [0.1, 0.15) is 0 Å². The number of carbonyl (C=O) groups excluding carboxylic acids is 1. The molecule has 1 amide bonds. The summed E-state index contributed by atoms with van der Waals surface area (Å²) in [7, 11) is 0. The zero-order valence-corrected chi connectivity index (χ0v) is 17.0. The van der Waals surface area contributed by atoms with Crippen molar-refractivity contribution in [2.24, 2.45) is 0 Å². The molecule has 1 aliphatic carbocycles. The highest BCUT2D eigenvalue weighted by molar-refractivity contribution is 7.19. The van der Waals surface area contributed by atoms with Crippen LogP contribution >= 0.6 is 11.3 Å². The third-order valence-electron chi connectivity index (χ3n) is 4.81. The topological polar surface area (TPSA) is 72.7 Å². The maximum absolute atomic E-state index is 11.5. The number of rotatable bonds is 3. The van der Waals surface area contributed by atoms with Gasteiger partial charge in [-0.15, -0.1) is 0 Å². The molecule has 27 heavy (non-hydrogen) atoms. The summed E-state index contributed by atoms with van der Waals surface area (Å²) in [6.07, 6.45) is 2.74. The van der Waals surface area contributed by atoms with E-state index < -0.39 is 0 Å². The van der Waals surface area contributed by atoms with Crippen LogP contribution in [-0.4, -0.2) is 25.7 Å². The van der Waals surface area contributed by atoms with Crippen LogP contribution in [0.15, 0.2) is 18.3 Å². The lowest BCUT2D eigenvalue weighted by Gasteiger charge is -2.21. The number of nitrogens with one attached hydrogen (secondary N) is 1. The van der Waals surface area contributed by atoms with Gasteiger partial charge in [0.05, 0.1) is 22.0 Å². The quantitative estimate of drug-likeness (QED) is 0.721. The second-order valence-corrected chi connectivity index (χ2v) is 8.42. The van der Waals surface area contributed by atoms with Gasteiger partial charge in [0.25, 0.3) is 0 Å². The fourth-order valence-corrected chi connectivity index (χ4v) is 4.70. The number of amides is 1. The molecule has 4 rings (SSSR count). The predicted octanol–water partition coefficient (Wildman–Crippen LogP) is 4.58. The Bertz CT molecular complexity index is 1020. The SMILES string of the molecule is CC(=O)Nc1nc2c(s1)-c1c(c(-c3ccc(C)nc3)nn1C(C)C)C(C)C2. The van der Waals surface area contributed by atoms with Gasteiger partial charge in [-0.05, 0) is 45.2 Å². The molecule has 3 aromatic rings. The van der Waals surface area contributed by atoms with E-state index in [4.69, 9.17) is 5.10 Å². The van der Waals surface area contributed by atoms with E-state index >= 15 is 0 Å². The first kappa shape index (κ1) is 17.9. The van der Waals surface area contributed by atoms with E-state index in [-0.39, 0.29) is 11.9 Å². The highest BCUT2D eigenvalue weighted by atomic mass is 32.1. The number of hydrogen-bond donors (Lipinski definition) is 1. The van der Waals surface area contributed by atoms with Gasteiger partial charge in [-0.3, -0.25) is 14.5 Å². The number of anilines is 1. The van der Waals surface area contributed by atoms with E-state index in [1.54, 1.807) is 0 Å². The smallest absolute Gasteiger partial charge is 0.223 e. The predicted molar refractivity (Wildman–Crippen MR) is 108 cm³/mol. The lowest BCUT2D eigenvalue weighted by molar-refractivity contribution is -0.114. The number of fused-ring (bicyclic) bond motifs is 3. The zero-order valence-electron chi connectivity index (χ0n) is 16.2. The van der Waals surface area contributed by atoms with Crippen molar-refractivity contribution in [2.45, 2.75) is 53.0 Å². The highest BCUT2D eigenvalue weighted by Gasteiger charge is 2.33. The van der Waals surface area contributed by atoms with Crippen molar-refractivity contribution in [1.82, 2.24) is 19.7 Å². The third kappa shape index (κ3) is 3.06. The van der Waals surface area contributed by atoms with E-state index in [1.807, 2.05) is 19.2 Å². The Morgan fingerprint density at radius 1 is 1.37 bits per heavy atom. The third-order valence-corrected chi connectivity index (χ3v) is 5.83. The highest BCUT2D eigenvalue weighted by Crippen LogP contribution is 2.48. The van der Waals surface area contributed by atoms with Crippen molar-refractivity contribution in [3.8, 4) is 21.8 Å². The molecule has 0 fully saturated rings. The van der Waals surface area contributed by atoms with E-state index in [0.29, 0.717) is 11.0 Å². The maximum Gasteiger partial charge on any atom is 0.223 e. The maximum atomic E-state index is 11.5. The largest absolute Gasteiger partial charge is 0.302 e. The molecule has 1 aliphatic rings. The lowest BCUT2D eigenvalue weighted by Crippen LogP contribution is -2.11. The van der Waals surface area contributed by atoms with Crippen LogP contribution in [0.4, 0.5) is 5.13 Å². The summed E-state index contributed by atoms with van der Waals surface area (Å²) >= 11 is 1.53. The minimum Gasteiger partial charge on any atom is -0.302 e. The number of aryl methyl sites for hydroxylation is 1. The molecule has 3 aromatic heterocycles. The van der Waals surface area contributed by atoms with Gasteiger partial charge in [-0.1, -0.05) is 18.3 Å². The normalized spacial score (nSPS) is 15.6. The van der Waals surface area contributed by atoms with Crippen LogP contribution in [0.2, 0.25) is 0 Å². The van der Waals surface area contributed by atoms with Gasteiger partial charge in [0.2, 0.25) is 5.91 Å². The summed E-state index contributed by atoms with van der Waals surface area (Å²) in [4.78, 5) is 21.7. The molecule has 1 unspecified atom stereocenters. The van der Waals surface area contributed by atoms with Gasteiger partial charge in [-0.2, -0.15) is 5.10 Å². The summed E-state index contributed by atoms with van der Waals surface area (Å²) in [6, 6.07) is 4.33. The Hall–Kier alpha value is -2.54. The van der Waals surface area contributed by atoms with Gasteiger partial charge >= 0.3 is 0 Å². The van der Waals surface area contributed by atoms with E-state index in [0.717, 1.165) is 39.6 Å². The second-order valence-electron chi connectivity index (χ2n) is 7.42. The molecule has 0 aromatic carbocycles. The minimum atomic E-state index is -0.0989. The van der Waals surface area contributed by atoms with Crippen LogP contribution in [0.25, 0.3) is 21.8 Å². The van der Waals surface area contributed by atoms with E-state index in [2.05, 4.69) is 46.8 Å². The molecule has 6 nitrogen and oxygen atoms in total. The fraction of sp³-hybridized carbons (Fsp3) is 0.400. The molecule has 1 N–H and O–H groups in total. The molecular weight excluding hydrogens is 358 g/mol. The monoisotopic (exact) mass is 381 g/mol. The first-order valence-corrected chi connectivity index (χ1v) is 10.00. The molecule has 7 heteroatoms. The van der Waals surface area contributed by atoms with Gasteiger partial charge < -0.3 is 5.32 Å². The Balaban J connectivity index is 1.93. The van der Waals surface area contributed by atoms with Crippen LogP contribution in [-0.2, 0) is 11.2 Å². The molecular formula is C20H23N5OS. The number of pyridine rings is 1. The Morgan fingerprint density at radius 3 is 2.78 bits per heavy atom. The first-order valence-electron chi connectivity index (χ1n) is 9.18. The van der Waals surface area contributed by atoms with Crippen LogP contribution in [0.5, 0.6) is 0 Å². The number of carbonyl (C=O) groups is 1. The van der Waals surface area contributed by atoms with E-state index in [9.17, 15) is 4.79 Å². The van der Waals surface area contributed by atoms with Gasteiger partial charge in [-0.25, -0.2) is 4.98 Å². The average molecular weight is 382 g/mol. The average Bonchev–Trinajstić information content (AvgIpc) is 3.16. The second kappa shape index (κ2) is 6.56. The standard InChI is InChI=1S/C20H23N5OS/c1-10(2)25-18-16(17(24-25)14-7-6-12(4)21-9-14)11(3)8-15-19(18)27-20(23-15)22-13(5)26/h6-7,9-11H,8H2,1-5H3,(H,22,23,26). The number of thiazole rings is 1. The Labute approximate surface area is 162 Å². The molecule has 0 radical (unpaired) electrons. The molecule has 0 saturated carbocycles. The van der Waals surface area contributed by atoms with Crippen LogP contribution < -0.4 is 5.32 Å². The summed E-state index contributed by atoms with van der Waals surface area (Å²) in [5, 5.41) is 8.46. The number of nitrogens with zero attached hydrogens (tertiary/aromatic N) is 4. The van der Waals surface area contributed by atoms with Crippen molar-refractivity contribution in [3.63, 3.8) is 0 Å². The zero-order chi connectivity index (χ0) is 19.3. The lowest BCUT2D eigenvalue weighted by atomic mass is 9.86. The molecule has 0 spiro atoms. The number of aromatic nitrogens is 4. The summed E-state index contributed by atoms with van der Waals surface area (Å²) in [5.41, 5.74) is 6.45. The van der Waals surface area contributed by atoms with Crippen LogP contribution in [0, 0.1) is 6.92 Å². The molecule has 0 bridgehead atoms. The van der Waals surface area contributed by atoms with Gasteiger partial charge in [0.15, 0.2) is 5.13 Å².